The smallest absolute Gasteiger partial charge is 0.259 e. The summed E-state index contributed by atoms with van der Waals surface area (Å²) in [5, 5.41) is 16.6. The Morgan fingerprint density at radius 1 is 1.12 bits per heavy atom. The summed E-state index contributed by atoms with van der Waals surface area (Å²) in [7, 11) is 3.76. The van der Waals surface area contributed by atoms with Gasteiger partial charge in [-0.2, -0.15) is 4.98 Å². The van der Waals surface area contributed by atoms with E-state index < -0.39 is 11.2 Å². The molecule has 1 aliphatic carbocycles. The van der Waals surface area contributed by atoms with Crippen LogP contribution in [0, 0.1) is 5.41 Å². The molecule has 0 unspecified atom stereocenters. The Balaban J connectivity index is 1.56. The van der Waals surface area contributed by atoms with E-state index in [9.17, 15) is 5.11 Å². The van der Waals surface area contributed by atoms with Gasteiger partial charge in [0, 0.05) is 49.1 Å². The molecule has 1 aromatic carbocycles. The fourth-order valence-corrected chi connectivity index (χ4v) is 5.64. The molecule has 180 valence electrons. The first-order valence-corrected chi connectivity index (χ1v) is 12.1. The van der Waals surface area contributed by atoms with Gasteiger partial charge in [-0.15, -0.1) is 0 Å². The van der Waals surface area contributed by atoms with Gasteiger partial charge in [-0.05, 0) is 49.4 Å². The van der Waals surface area contributed by atoms with Gasteiger partial charge in [-0.25, -0.2) is 0 Å². The highest BCUT2D eigenvalue weighted by molar-refractivity contribution is 5.56. The van der Waals surface area contributed by atoms with Crippen molar-refractivity contribution in [2.75, 3.05) is 27.2 Å². The van der Waals surface area contributed by atoms with Crippen LogP contribution in [0.15, 0.2) is 47.2 Å². The number of likely N-dealkylation sites (tertiary alicyclic amines) is 1. The molecule has 1 N–H and O–H groups in total. The van der Waals surface area contributed by atoms with E-state index in [2.05, 4.69) is 72.1 Å². The number of nitrogens with zero attached hydrogens (tertiary/aromatic N) is 4. The minimum Gasteiger partial charge on any atom is -0.380 e. The van der Waals surface area contributed by atoms with E-state index in [0.717, 1.165) is 43.5 Å². The number of aromatic nitrogens is 3. The second-order valence-corrected chi connectivity index (χ2v) is 10.7. The third kappa shape index (κ3) is 3.49. The summed E-state index contributed by atoms with van der Waals surface area (Å²) in [6.07, 6.45) is 6.31. The zero-order valence-corrected chi connectivity index (χ0v) is 20.7. The molecule has 7 nitrogen and oxygen atoms in total. The lowest BCUT2D eigenvalue weighted by molar-refractivity contribution is -0.127. The summed E-state index contributed by atoms with van der Waals surface area (Å²) >= 11 is 0. The van der Waals surface area contributed by atoms with Gasteiger partial charge in [0.1, 0.15) is 11.2 Å². The van der Waals surface area contributed by atoms with Crippen molar-refractivity contribution in [2.45, 2.75) is 57.2 Å². The predicted molar refractivity (Wildman–Crippen MR) is 129 cm³/mol. The quantitative estimate of drug-likeness (QED) is 0.555. The Bertz CT molecular complexity index is 1160. The third-order valence-corrected chi connectivity index (χ3v) is 7.89. The predicted octanol–water partition coefficient (Wildman–Crippen LogP) is 4.47. The molecule has 1 aliphatic heterocycles. The highest BCUT2D eigenvalue weighted by Gasteiger charge is 2.55. The molecule has 1 saturated carbocycles. The molecule has 0 spiro atoms. The normalized spacial score (nSPS) is 21.0. The lowest BCUT2D eigenvalue weighted by Gasteiger charge is -2.55. The fourth-order valence-electron chi connectivity index (χ4n) is 5.64. The lowest BCUT2D eigenvalue weighted by atomic mass is 9.62. The van der Waals surface area contributed by atoms with E-state index in [1.165, 1.54) is 5.56 Å². The molecule has 5 rings (SSSR count). The Kier molecular flexibility index (Phi) is 5.62. The molecule has 1 atom stereocenters. The van der Waals surface area contributed by atoms with Gasteiger partial charge in [0.25, 0.3) is 5.89 Å². The van der Waals surface area contributed by atoms with Crippen molar-refractivity contribution >= 4 is 0 Å². The average molecular weight is 463 g/mol. The summed E-state index contributed by atoms with van der Waals surface area (Å²) in [5.74, 6) is 1.39. The largest absolute Gasteiger partial charge is 0.380 e. The number of hydrogen-bond acceptors (Lipinski definition) is 7. The lowest BCUT2D eigenvalue weighted by Crippen LogP contribution is -2.63. The number of methoxy groups -OCH3 is 1. The summed E-state index contributed by atoms with van der Waals surface area (Å²) in [6.45, 7) is 8.05. The van der Waals surface area contributed by atoms with Crippen molar-refractivity contribution in [1.29, 1.82) is 0 Å². The zero-order valence-electron chi connectivity index (χ0n) is 20.7. The van der Waals surface area contributed by atoms with Crippen LogP contribution in [0.4, 0.5) is 0 Å². The standard InChI is InChI=1S/C27H34N4O3/c1-18(2)19-7-9-21(10-8-19)27(32,25(3)16-31(4)17-25)22-13-20(14-28-15-22)23-29-24(34-30-23)26(33-5)11-6-12-26/h7-10,13-15,18,32H,6,11-12,16-17H2,1-5H3/t27-/m0/s1. The molecule has 3 heterocycles. The maximum Gasteiger partial charge on any atom is 0.259 e. The highest BCUT2D eigenvalue weighted by atomic mass is 16.5. The highest BCUT2D eigenvalue weighted by Crippen LogP contribution is 2.50. The summed E-state index contributed by atoms with van der Waals surface area (Å²) in [5.41, 5.74) is 1.51. The van der Waals surface area contributed by atoms with Crippen LogP contribution in [-0.2, 0) is 15.9 Å². The van der Waals surface area contributed by atoms with E-state index in [0.29, 0.717) is 23.2 Å². The Hall–Kier alpha value is -2.61. The van der Waals surface area contributed by atoms with Gasteiger partial charge in [0.05, 0.1) is 0 Å². The van der Waals surface area contributed by atoms with Gasteiger partial charge < -0.3 is 19.3 Å². The van der Waals surface area contributed by atoms with Gasteiger partial charge >= 0.3 is 0 Å². The SMILES string of the molecule is COC1(c2nc(-c3cncc([C@@](O)(c4ccc(C(C)C)cc4)C4(C)CN(C)C4)c3)no2)CCC1. The van der Waals surface area contributed by atoms with E-state index in [1.807, 2.05) is 6.07 Å². The van der Waals surface area contributed by atoms with Crippen LogP contribution in [0.25, 0.3) is 11.4 Å². The Morgan fingerprint density at radius 2 is 1.82 bits per heavy atom. The summed E-state index contributed by atoms with van der Waals surface area (Å²) in [4.78, 5) is 11.4. The molecule has 0 radical (unpaired) electrons. The van der Waals surface area contributed by atoms with Gasteiger partial charge in [-0.1, -0.05) is 50.2 Å². The molecule has 34 heavy (non-hydrogen) atoms. The topological polar surface area (TPSA) is 84.5 Å². The third-order valence-electron chi connectivity index (χ3n) is 7.89. The van der Waals surface area contributed by atoms with Crippen LogP contribution < -0.4 is 0 Å². The molecule has 1 saturated heterocycles. The molecule has 0 amide bonds. The van der Waals surface area contributed by atoms with Crippen molar-refractivity contribution in [3.05, 3.63) is 65.3 Å². The van der Waals surface area contributed by atoms with Crippen LogP contribution in [0.1, 0.15) is 68.5 Å². The first kappa shape index (κ1) is 23.1. The van der Waals surface area contributed by atoms with Crippen LogP contribution in [0.2, 0.25) is 0 Å². The first-order valence-electron chi connectivity index (χ1n) is 12.1. The average Bonchev–Trinajstić information content (AvgIpc) is 3.28. The number of rotatable bonds is 7. The van der Waals surface area contributed by atoms with Crippen LogP contribution >= 0.6 is 0 Å². The van der Waals surface area contributed by atoms with Gasteiger partial charge in [0.15, 0.2) is 0 Å². The molecule has 2 aliphatic rings. The molecule has 0 bridgehead atoms. The van der Waals surface area contributed by atoms with Crippen molar-refractivity contribution in [2.24, 2.45) is 5.41 Å². The minimum atomic E-state index is -1.22. The van der Waals surface area contributed by atoms with E-state index in [1.54, 1.807) is 19.5 Å². The maximum absolute atomic E-state index is 12.4. The zero-order chi connectivity index (χ0) is 24.1. The number of ether oxygens (including phenoxy) is 1. The monoisotopic (exact) mass is 462 g/mol. The maximum atomic E-state index is 12.4. The molecular weight excluding hydrogens is 428 g/mol. The molecular formula is C27H34N4O3. The van der Waals surface area contributed by atoms with Gasteiger partial charge in [-0.3, -0.25) is 4.98 Å². The van der Waals surface area contributed by atoms with Gasteiger partial charge in [0.2, 0.25) is 5.82 Å². The summed E-state index contributed by atoms with van der Waals surface area (Å²) in [6, 6.07) is 10.3. The Labute approximate surface area is 201 Å². The molecule has 2 aromatic heterocycles. The second kappa shape index (κ2) is 8.26. The van der Waals surface area contributed by atoms with Crippen LogP contribution in [-0.4, -0.2) is 52.4 Å². The molecule has 7 heteroatoms. The van der Waals surface area contributed by atoms with Crippen molar-refractivity contribution in [3.63, 3.8) is 0 Å². The molecule has 2 fully saturated rings. The number of hydrogen-bond donors (Lipinski definition) is 1. The number of aliphatic hydroxyl groups is 1. The first-order chi connectivity index (χ1) is 16.2. The van der Waals surface area contributed by atoms with Crippen molar-refractivity contribution in [3.8, 4) is 11.4 Å². The van der Waals surface area contributed by atoms with Crippen molar-refractivity contribution in [1.82, 2.24) is 20.0 Å². The van der Waals surface area contributed by atoms with Crippen molar-refractivity contribution < 1.29 is 14.4 Å². The second-order valence-electron chi connectivity index (χ2n) is 10.7. The van der Waals surface area contributed by atoms with Crippen LogP contribution in [0.3, 0.4) is 0 Å². The fraction of sp³-hybridized carbons (Fsp3) is 0.519. The Morgan fingerprint density at radius 3 is 2.38 bits per heavy atom. The summed E-state index contributed by atoms with van der Waals surface area (Å²) < 4.78 is 11.3. The van der Waals surface area contributed by atoms with Crippen LogP contribution in [0.5, 0.6) is 0 Å². The minimum absolute atomic E-state index is 0.365. The number of benzene rings is 1. The van der Waals surface area contributed by atoms with E-state index in [4.69, 9.17) is 9.26 Å². The van der Waals surface area contributed by atoms with E-state index in [-0.39, 0.29) is 5.41 Å². The molecule has 3 aromatic rings. The van der Waals surface area contributed by atoms with E-state index >= 15 is 0 Å². The number of pyridine rings is 1.